The highest BCUT2D eigenvalue weighted by Gasteiger charge is 2.20. The van der Waals surface area contributed by atoms with Crippen molar-refractivity contribution >= 4 is 11.2 Å². The summed E-state index contributed by atoms with van der Waals surface area (Å²) in [4.78, 5) is 28.2. The summed E-state index contributed by atoms with van der Waals surface area (Å²) in [5, 5.41) is 0. The van der Waals surface area contributed by atoms with Crippen LogP contribution in [-0.2, 0) is 6.54 Å². The second kappa shape index (κ2) is 9.15. The van der Waals surface area contributed by atoms with E-state index < -0.39 is 5.76 Å². The molecule has 0 radical (unpaired) electrons. The predicted molar refractivity (Wildman–Crippen MR) is 125 cm³/mol. The van der Waals surface area contributed by atoms with Gasteiger partial charge in [0.15, 0.2) is 22.8 Å². The van der Waals surface area contributed by atoms with Crippen molar-refractivity contribution in [3.63, 3.8) is 0 Å². The summed E-state index contributed by atoms with van der Waals surface area (Å²) in [6, 6.07) is 12.0. The third-order valence-corrected chi connectivity index (χ3v) is 6.20. The number of hydrogen-bond acceptors (Lipinski definition) is 7. The summed E-state index contributed by atoms with van der Waals surface area (Å²) in [5.74, 6) is 0.863. The Hall–Kier alpha value is -3.52. The quantitative estimate of drug-likeness (QED) is 0.429. The zero-order valence-corrected chi connectivity index (χ0v) is 18.9. The first kappa shape index (κ1) is 21.3. The van der Waals surface area contributed by atoms with E-state index in [0.717, 1.165) is 23.2 Å². The molecule has 0 saturated carbocycles. The summed E-state index contributed by atoms with van der Waals surface area (Å²) in [6.45, 7) is 4.07. The van der Waals surface area contributed by atoms with Gasteiger partial charge >= 0.3 is 5.76 Å². The summed E-state index contributed by atoms with van der Waals surface area (Å²) < 4.78 is 12.7. The number of fused-ring (bicyclic) bond motifs is 1. The number of ether oxygens (including phenoxy) is 1. The molecule has 0 aliphatic carbocycles. The van der Waals surface area contributed by atoms with Crippen LogP contribution in [0.5, 0.6) is 5.75 Å². The molecule has 1 atom stereocenters. The van der Waals surface area contributed by atoms with E-state index >= 15 is 0 Å². The first-order valence-electron chi connectivity index (χ1n) is 11.3. The van der Waals surface area contributed by atoms with Crippen molar-refractivity contribution < 1.29 is 9.15 Å². The van der Waals surface area contributed by atoms with Gasteiger partial charge in [-0.1, -0.05) is 18.2 Å². The number of nitrogens with zero attached hydrogens (tertiary/aromatic N) is 5. The molecule has 8 heteroatoms. The SMILES string of the molecule is Cc1ccc2oc(=O)n(Cc3cccc(-c4ncc(OCCC5CCCN5C)cn4)c3)c2n1. The Bertz CT molecular complexity index is 1310. The molecule has 170 valence electrons. The van der Waals surface area contributed by atoms with Crippen molar-refractivity contribution in [2.45, 2.75) is 38.8 Å². The van der Waals surface area contributed by atoms with Crippen molar-refractivity contribution in [1.29, 1.82) is 0 Å². The summed E-state index contributed by atoms with van der Waals surface area (Å²) in [7, 11) is 2.17. The maximum Gasteiger partial charge on any atom is 0.421 e. The molecule has 0 N–H and O–H groups in total. The number of oxazole rings is 1. The zero-order chi connectivity index (χ0) is 22.8. The smallest absolute Gasteiger partial charge is 0.421 e. The van der Waals surface area contributed by atoms with Gasteiger partial charge in [-0.2, -0.15) is 0 Å². The molecule has 4 aromatic rings. The molecule has 8 nitrogen and oxygen atoms in total. The fourth-order valence-electron chi connectivity index (χ4n) is 4.37. The van der Waals surface area contributed by atoms with E-state index in [1.165, 1.54) is 19.4 Å². The van der Waals surface area contributed by atoms with Crippen molar-refractivity contribution in [1.82, 2.24) is 24.4 Å². The number of pyridine rings is 1. The fraction of sp³-hybridized carbons (Fsp3) is 0.360. The molecule has 4 heterocycles. The lowest BCUT2D eigenvalue weighted by atomic mass is 10.1. The van der Waals surface area contributed by atoms with E-state index in [0.29, 0.717) is 42.0 Å². The molecule has 1 aromatic carbocycles. The maximum absolute atomic E-state index is 12.4. The number of aryl methyl sites for hydroxylation is 1. The number of likely N-dealkylation sites (tertiary alicyclic amines) is 1. The molecular weight excluding hydrogens is 418 g/mol. The van der Waals surface area contributed by atoms with Crippen LogP contribution >= 0.6 is 0 Å². The Labute approximate surface area is 191 Å². The third kappa shape index (κ3) is 4.66. The Kier molecular flexibility index (Phi) is 5.92. The summed E-state index contributed by atoms with van der Waals surface area (Å²) in [5.41, 5.74) is 3.67. The van der Waals surface area contributed by atoms with E-state index in [4.69, 9.17) is 9.15 Å². The van der Waals surface area contributed by atoms with Gasteiger partial charge in [0, 0.05) is 17.3 Å². The van der Waals surface area contributed by atoms with Crippen LogP contribution in [0.25, 0.3) is 22.6 Å². The molecular formula is C25H27N5O3. The van der Waals surface area contributed by atoms with Gasteiger partial charge in [0.25, 0.3) is 0 Å². The van der Waals surface area contributed by atoms with Gasteiger partial charge in [0.2, 0.25) is 0 Å². The number of aromatic nitrogens is 4. The maximum atomic E-state index is 12.4. The zero-order valence-electron chi connectivity index (χ0n) is 18.9. The third-order valence-electron chi connectivity index (χ3n) is 6.20. The van der Waals surface area contributed by atoms with Crippen LogP contribution in [0.1, 0.15) is 30.5 Å². The van der Waals surface area contributed by atoms with E-state index in [9.17, 15) is 4.79 Å². The van der Waals surface area contributed by atoms with Gasteiger partial charge < -0.3 is 14.1 Å². The van der Waals surface area contributed by atoms with Gasteiger partial charge in [-0.25, -0.2) is 19.7 Å². The molecule has 5 rings (SSSR count). The normalized spacial score (nSPS) is 16.5. The van der Waals surface area contributed by atoms with Gasteiger partial charge in [0.1, 0.15) is 0 Å². The minimum atomic E-state index is -0.421. The van der Waals surface area contributed by atoms with Gasteiger partial charge in [0.05, 0.1) is 25.5 Å². The highest BCUT2D eigenvalue weighted by atomic mass is 16.5. The average Bonchev–Trinajstić information content (AvgIpc) is 3.37. The molecule has 1 aliphatic rings. The molecule has 33 heavy (non-hydrogen) atoms. The van der Waals surface area contributed by atoms with Crippen LogP contribution in [0.3, 0.4) is 0 Å². The standard InChI is InChI=1S/C25H27N5O3/c1-17-8-9-22-24(28-17)30(25(31)33-22)16-18-5-3-6-19(13-18)23-26-14-21(15-27-23)32-12-10-20-7-4-11-29(20)2/h3,5-6,8-9,13-15,20H,4,7,10-12,16H2,1-2H3. The number of hydrogen-bond donors (Lipinski definition) is 0. The fourth-order valence-corrected chi connectivity index (χ4v) is 4.37. The Morgan fingerprint density at radius 3 is 2.82 bits per heavy atom. The lowest BCUT2D eigenvalue weighted by molar-refractivity contribution is 0.232. The van der Waals surface area contributed by atoms with Crippen LogP contribution in [0.15, 0.2) is 58.0 Å². The number of benzene rings is 1. The van der Waals surface area contributed by atoms with Crippen LogP contribution in [0, 0.1) is 6.92 Å². The lowest BCUT2D eigenvalue weighted by Gasteiger charge is -2.19. The van der Waals surface area contributed by atoms with E-state index in [2.05, 4.69) is 26.9 Å². The Morgan fingerprint density at radius 2 is 2.03 bits per heavy atom. The summed E-state index contributed by atoms with van der Waals surface area (Å²) in [6.07, 6.45) is 6.95. The van der Waals surface area contributed by atoms with Gasteiger partial charge in [-0.15, -0.1) is 0 Å². The molecule has 1 unspecified atom stereocenters. The molecule has 1 aliphatic heterocycles. The minimum absolute atomic E-state index is 0.354. The van der Waals surface area contributed by atoms with E-state index in [-0.39, 0.29) is 0 Å². The second-order valence-corrected chi connectivity index (χ2v) is 8.59. The van der Waals surface area contributed by atoms with E-state index in [1.807, 2.05) is 37.3 Å². The van der Waals surface area contributed by atoms with Crippen LogP contribution in [0.4, 0.5) is 0 Å². The van der Waals surface area contributed by atoms with Crippen molar-refractivity contribution in [2.75, 3.05) is 20.2 Å². The van der Waals surface area contributed by atoms with Crippen LogP contribution in [-0.4, -0.2) is 50.7 Å². The minimum Gasteiger partial charge on any atom is -0.490 e. The van der Waals surface area contributed by atoms with Crippen molar-refractivity contribution in [3.05, 3.63) is 70.6 Å². The van der Waals surface area contributed by atoms with E-state index in [1.54, 1.807) is 23.0 Å². The Balaban J connectivity index is 1.28. The molecule has 1 fully saturated rings. The molecule has 0 bridgehead atoms. The van der Waals surface area contributed by atoms with Crippen molar-refractivity contribution in [3.8, 4) is 17.1 Å². The van der Waals surface area contributed by atoms with Crippen LogP contribution in [0.2, 0.25) is 0 Å². The molecule has 1 saturated heterocycles. The van der Waals surface area contributed by atoms with Crippen molar-refractivity contribution in [2.24, 2.45) is 0 Å². The second-order valence-electron chi connectivity index (χ2n) is 8.59. The average molecular weight is 446 g/mol. The highest BCUT2D eigenvalue weighted by Crippen LogP contribution is 2.21. The van der Waals surface area contributed by atoms with Crippen LogP contribution < -0.4 is 10.5 Å². The first-order valence-corrected chi connectivity index (χ1v) is 11.3. The largest absolute Gasteiger partial charge is 0.490 e. The first-order chi connectivity index (χ1) is 16.1. The van der Waals surface area contributed by atoms with Gasteiger partial charge in [-0.3, -0.25) is 4.57 Å². The summed E-state index contributed by atoms with van der Waals surface area (Å²) >= 11 is 0. The topological polar surface area (TPSA) is 86.3 Å². The molecule has 3 aromatic heterocycles. The monoisotopic (exact) mass is 445 g/mol. The molecule has 0 amide bonds. The Morgan fingerprint density at radius 1 is 1.18 bits per heavy atom. The number of rotatable bonds is 7. The highest BCUT2D eigenvalue weighted by molar-refractivity contribution is 5.68. The van der Waals surface area contributed by atoms with Gasteiger partial charge in [-0.05, 0) is 63.5 Å². The lowest BCUT2D eigenvalue weighted by Crippen LogP contribution is -2.26. The molecule has 0 spiro atoms. The predicted octanol–water partition coefficient (Wildman–Crippen LogP) is 3.67.